The van der Waals surface area contributed by atoms with Crippen molar-refractivity contribution in [2.24, 2.45) is 5.10 Å². The lowest BCUT2D eigenvalue weighted by Crippen LogP contribution is -2.38. The minimum Gasteiger partial charge on any atom is -0.444 e. The van der Waals surface area contributed by atoms with E-state index in [1.54, 1.807) is 20.8 Å². The first-order valence-electron chi connectivity index (χ1n) is 10.1. The van der Waals surface area contributed by atoms with E-state index in [2.05, 4.69) is 10.4 Å². The van der Waals surface area contributed by atoms with Crippen LogP contribution in [-0.4, -0.2) is 34.7 Å². The Kier molecular flexibility index (Phi) is 7.18. The zero-order valence-electron chi connectivity index (χ0n) is 18.1. The van der Waals surface area contributed by atoms with E-state index >= 15 is 0 Å². The Hall–Kier alpha value is -2.94. The Labute approximate surface area is 190 Å². The quantitative estimate of drug-likeness (QED) is 0.466. The fourth-order valence-electron chi connectivity index (χ4n) is 3.32. The molecule has 0 aromatic heterocycles. The number of ether oxygens (including phenoxy) is 1. The van der Waals surface area contributed by atoms with Crippen LogP contribution < -0.4 is 5.32 Å². The fraction of sp³-hybridized carbons (Fsp3) is 0.348. The Morgan fingerprint density at radius 3 is 2.59 bits per heavy atom. The smallest absolute Gasteiger partial charge is 0.407 e. The van der Waals surface area contributed by atoms with E-state index in [9.17, 15) is 18.4 Å². The van der Waals surface area contributed by atoms with Gasteiger partial charge in [0.1, 0.15) is 27.2 Å². The van der Waals surface area contributed by atoms with Gasteiger partial charge in [0.15, 0.2) is 0 Å². The van der Waals surface area contributed by atoms with Crippen molar-refractivity contribution in [3.8, 4) is 0 Å². The molecule has 1 N–H and O–H groups in total. The van der Waals surface area contributed by atoms with Gasteiger partial charge in [-0.3, -0.25) is 4.79 Å². The summed E-state index contributed by atoms with van der Waals surface area (Å²) in [6.07, 6.45) is 0.933. The molecule has 2 aromatic rings. The molecule has 0 bridgehead atoms. The van der Waals surface area contributed by atoms with Crippen LogP contribution in [0.25, 0.3) is 0 Å². The molecule has 2 aromatic carbocycles. The molecule has 0 saturated carbocycles. The van der Waals surface area contributed by atoms with Crippen molar-refractivity contribution in [2.75, 3.05) is 6.54 Å². The molecule has 1 unspecified atom stereocenters. The first kappa shape index (κ1) is 23.7. The molecule has 0 aliphatic carbocycles. The van der Waals surface area contributed by atoms with Gasteiger partial charge in [-0.2, -0.15) is 5.10 Å². The highest BCUT2D eigenvalue weighted by atomic mass is 32.2. The average Bonchev–Trinajstić information content (AvgIpc) is 3.12. The topological polar surface area (TPSA) is 71.0 Å². The maximum atomic E-state index is 14.4. The second-order valence-corrected chi connectivity index (χ2v) is 9.53. The predicted octanol–water partition coefficient (Wildman–Crippen LogP) is 4.99. The van der Waals surface area contributed by atoms with Gasteiger partial charge >= 0.3 is 6.09 Å². The van der Waals surface area contributed by atoms with Gasteiger partial charge in [0.25, 0.3) is 0 Å². The van der Waals surface area contributed by atoms with E-state index in [0.29, 0.717) is 25.8 Å². The number of alkyl carbamates (subject to hydrolysis) is 1. The molecule has 9 heteroatoms. The number of nitrogens with zero attached hydrogens (tertiary/aromatic N) is 2. The summed E-state index contributed by atoms with van der Waals surface area (Å²) in [4.78, 5) is 22.9. The number of benzene rings is 2. The van der Waals surface area contributed by atoms with Crippen LogP contribution in [0.4, 0.5) is 13.6 Å². The lowest BCUT2D eigenvalue weighted by molar-refractivity contribution is -0.121. The molecular weight excluding hydrogens is 436 g/mol. The number of hydrogen-bond acceptors (Lipinski definition) is 5. The molecule has 170 valence electrons. The summed E-state index contributed by atoms with van der Waals surface area (Å²) in [5.41, 5.74) is 0.166. The maximum absolute atomic E-state index is 14.4. The molecule has 3 rings (SSSR count). The number of rotatable bonds is 7. The zero-order chi connectivity index (χ0) is 23.4. The highest BCUT2D eigenvalue weighted by molar-refractivity contribution is 8.15. The van der Waals surface area contributed by atoms with Crippen LogP contribution in [0, 0.1) is 11.6 Å². The van der Waals surface area contributed by atoms with E-state index in [0.717, 1.165) is 23.8 Å². The number of amides is 2. The van der Waals surface area contributed by atoms with Gasteiger partial charge in [0, 0.05) is 12.1 Å². The van der Waals surface area contributed by atoms with Gasteiger partial charge in [0.05, 0.1) is 0 Å². The minimum atomic E-state index is -0.966. The standard InChI is InChI=1S/C23H25F2N3O3S/c1-22(2,3)31-21(30)26-13-7-12-23(16-8-5-4-6-9-16)28(15-29)27-20(32-23)18-14-17(24)10-11-19(18)25/h4-6,8-11,14-15H,7,12-13H2,1-3H3,(H,26,30). The fourth-order valence-corrected chi connectivity index (χ4v) is 4.71. The highest BCUT2D eigenvalue weighted by Gasteiger charge is 2.45. The number of hydrogen-bond donors (Lipinski definition) is 1. The number of carbonyl (C=O) groups excluding carboxylic acids is 2. The van der Waals surface area contributed by atoms with Crippen LogP contribution in [0.5, 0.6) is 0 Å². The van der Waals surface area contributed by atoms with Crippen LogP contribution in [0.3, 0.4) is 0 Å². The Balaban J connectivity index is 1.82. The second-order valence-electron chi connectivity index (χ2n) is 8.26. The average molecular weight is 462 g/mol. The van der Waals surface area contributed by atoms with E-state index in [4.69, 9.17) is 4.74 Å². The van der Waals surface area contributed by atoms with Crippen molar-refractivity contribution in [3.05, 3.63) is 71.3 Å². The van der Waals surface area contributed by atoms with Gasteiger partial charge < -0.3 is 10.1 Å². The Bertz CT molecular complexity index is 1010. The SMILES string of the molecule is CC(C)(C)OC(=O)NCCCC1(c2ccccc2)SC(c2cc(F)ccc2F)=NN1C=O. The van der Waals surface area contributed by atoms with Crippen molar-refractivity contribution in [1.29, 1.82) is 0 Å². The number of halogens is 2. The van der Waals surface area contributed by atoms with Gasteiger partial charge in [-0.25, -0.2) is 18.6 Å². The van der Waals surface area contributed by atoms with Crippen LogP contribution >= 0.6 is 11.8 Å². The van der Waals surface area contributed by atoms with Crippen molar-refractivity contribution in [1.82, 2.24) is 10.3 Å². The minimum absolute atomic E-state index is 0.00784. The molecule has 1 aliphatic rings. The van der Waals surface area contributed by atoms with Gasteiger partial charge in [-0.1, -0.05) is 42.1 Å². The summed E-state index contributed by atoms with van der Waals surface area (Å²) in [5, 5.41) is 8.44. The maximum Gasteiger partial charge on any atom is 0.407 e. The number of nitrogens with one attached hydrogen (secondary N) is 1. The Morgan fingerprint density at radius 1 is 1.22 bits per heavy atom. The summed E-state index contributed by atoms with van der Waals surface area (Å²) < 4.78 is 33.4. The first-order valence-corrected chi connectivity index (χ1v) is 11.0. The van der Waals surface area contributed by atoms with Crippen LogP contribution in [-0.2, 0) is 14.4 Å². The van der Waals surface area contributed by atoms with Crippen molar-refractivity contribution < 1.29 is 23.1 Å². The number of thioether (sulfide) groups is 1. The second kappa shape index (κ2) is 9.68. The largest absolute Gasteiger partial charge is 0.444 e. The third-order valence-corrected chi connectivity index (χ3v) is 6.14. The number of hydrazone groups is 1. The molecule has 0 saturated heterocycles. The number of carbonyl (C=O) groups is 2. The molecule has 0 spiro atoms. The summed E-state index contributed by atoms with van der Waals surface area (Å²) in [7, 11) is 0. The van der Waals surface area contributed by atoms with E-state index < -0.39 is 28.2 Å². The first-order chi connectivity index (χ1) is 15.1. The predicted molar refractivity (Wildman–Crippen MR) is 120 cm³/mol. The molecule has 1 heterocycles. The normalized spacial score (nSPS) is 18.3. The zero-order valence-corrected chi connectivity index (χ0v) is 18.9. The third-order valence-electron chi connectivity index (χ3n) is 4.68. The van der Waals surface area contributed by atoms with Crippen LogP contribution in [0.15, 0.2) is 53.6 Å². The van der Waals surface area contributed by atoms with Gasteiger partial charge in [-0.05, 0) is 57.4 Å². The van der Waals surface area contributed by atoms with E-state index in [-0.39, 0.29) is 10.6 Å². The molecule has 32 heavy (non-hydrogen) atoms. The van der Waals surface area contributed by atoms with Gasteiger partial charge in [0.2, 0.25) is 6.41 Å². The van der Waals surface area contributed by atoms with Crippen LogP contribution in [0.2, 0.25) is 0 Å². The van der Waals surface area contributed by atoms with Crippen molar-refractivity contribution >= 4 is 29.3 Å². The summed E-state index contributed by atoms with van der Waals surface area (Å²) >= 11 is 1.18. The Morgan fingerprint density at radius 2 is 1.94 bits per heavy atom. The molecule has 0 fully saturated rings. The monoisotopic (exact) mass is 461 g/mol. The van der Waals surface area contributed by atoms with Crippen molar-refractivity contribution in [3.63, 3.8) is 0 Å². The summed E-state index contributed by atoms with van der Waals surface area (Å²) in [5.74, 6) is -1.22. The van der Waals surface area contributed by atoms with E-state index in [1.165, 1.54) is 16.8 Å². The highest BCUT2D eigenvalue weighted by Crippen LogP contribution is 2.49. The molecule has 0 radical (unpaired) electrons. The summed E-state index contributed by atoms with van der Waals surface area (Å²) in [6.45, 7) is 5.63. The van der Waals surface area contributed by atoms with Crippen LogP contribution in [0.1, 0.15) is 44.7 Å². The molecule has 6 nitrogen and oxygen atoms in total. The van der Waals surface area contributed by atoms with Gasteiger partial charge in [-0.15, -0.1) is 0 Å². The lowest BCUT2D eigenvalue weighted by atomic mass is 10.0. The molecule has 1 aliphatic heterocycles. The molecule has 2 amide bonds. The molecule has 1 atom stereocenters. The lowest BCUT2D eigenvalue weighted by Gasteiger charge is -2.33. The summed E-state index contributed by atoms with van der Waals surface area (Å²) in [6, 6.07) is 12.3. The van der Waals surface area contributed by atoms with Crippen molar-refractivity contribution in [2.45, 2.75) is 44.1 Å². The van der Waals surface area contributed by atoms with E-state index in [1.807, 2.05) is 30.3 Å². The third kappa shape index (κ3) is 5.45. The molecular formula is C23H25F2N3O3S.